The highest BCUT2D eigenvalue weighted by molar-refractivity contribution is 5.74. The summed E-state index contributed by atoms with van der Waals surface area (Å²) in [6.45, 7) is 1.73. The molecule has 0 heterocycles. The highest BCUT2D eigenvalue weighted by Gasteiger charge is 2.18. The van der Waals surface area contributed by atoms with Crippen LogP contribution in [0.15, 0.2) is 18.2 Å². The third kappa shape index (κ3) is 2.52. The number of nitro groups is 1. The molecule has 5 heteroatoms. The molecule has 0 saturated heterocycles. The predicted molar refractivity (Wildman–Crippen MR) is 53.6 cm³/mol. The highest BCUT2D eigenvalue weighted by Crippen LogP contribution is 2.22. The second-order valence-electron chi connectivity index (χ2n) is 3.08. The normalized spacial score (nSPS) is 9.73. The molecular weight excluding hydrogens is 198 g/mol. The molecule has 0 aliphatic carbocycles. The van der Waals surface area contributed by atoms with E-state index >= 15 is 0 Å². The Morgan fingerprint density at radius 1 is 1.53 bits per heavy atom. The monoisotopic (exact) mass is 209 g/mol. The molecule has 0 aromatic heterocycles. The van der Waals surface area contributed by atoms with E-state index in [1.807, 2.05) is 0 Å². The molecule has 0 spiro atoms. The Balaban J connectivity index is 3.13. The largest absolute Gasteiger partial charge is 0.469 e. The zero-order valence-corrected chi connectivity index (χ0v) is 8.52. The van der Waals surface area contributed by atoms with Gasteiger partial charge in [0.15, 0.2) is 0 Å². The topological polar surface area (TPSA) is 69.4 Å². The first-order valence-electron chi connectivity index (χ1n) is 4.36. The predicted octanol–water partition coefficient (Wildman–Crippen LogP) is 1.62. The number of hydrogen-bond donors (Lipinski definition) is 0. The van der Waals surface area contributed by atoms with E-state index in [0.29, 0.717) is 5.56 Å². The van der Waals surface area contributed by atoms with Crippen molar-refractivity contribution < 1.29 is 14.5 Å². The van der Waals surface area contributed by atoms with E-state index in [2.05, 4.69) is 4.74 Å². The van der Waals surface area contributed by atoms with Gasteiger partial charge in [0.05, 0.1) is 18.5 Å². The van der Waals surface area contributed by atoms with Crippen molar-refractivity contribution in [3.8, 4) is 0 Å². The van der Waals surface area contributed by atoms with Crippen molar-refractivity contribution in [2.45, 2.75) is 13.3 Å². The molecule has 0 atom stereocenters. The minimum atomic E-state index is -0.495. The fraction of sp³-hybridized carbons (Fsp3) is 0.300. The molecule has 0 bridgehead atoms. The van der Waals surface area contributed by atoms with Crippen LogP contribution in [-0.4, -0.2) is 18.0 Å². The molecule has 1 aromatic rings. The van der Waals surface area contributed by atoms with Gasteiger partial charge in [-0.1, -0.05) is 12.1 Å². The van der Waals surface area contributed by atoms with Crippen molar-refractivity contribution in [3.63, 3.8) is 0 Å². The molecule has 0 saturated carbocycles. The number of nitro benzene ring substituents is 1. The first-order valence-corrected chi connectivity index (χ1v) is 4.36. The lowest BCUT2D eigenvalue weighted by Gasteiger charge is -2.04. The van der Waals surface area contributed by atoms with Crippen molar-refractivity contribution in [2.24, 2.45) is 0 Å². The average molecular weight is 209 g/mol. The number of aryl methyl sites for hydroxylation is 1. The van der Waals surface area contributed by atoms with E-state index in [1.54, 1.807) is 19.1 Å². The summed E-state index contributed by atoms with van der Waals surface area (Å²) in [6, 6.07) is 4.70. The summed E-state index contributed by atoms with van der Waals surface area (Å²) in [4.78, 5) is 21.3. The molecule has 0 N–H and O–H groups in total. The summed E-state index contributed by atoms with van der Waals surface area (Å²) in [6.07, 6.45) is -0.0700. The Bertz CT molecular complexity index is 400. The van der Waals surface area contributed by atoms with Crippen molar-refractivity contribution in [1.29, 1.82) is 0 Å². The third-order valence-electron chi connectivity index (χ3n) is 2.13. The Morgan fingerprint density at radius 2 is 2.20 bits per heavy atom. The van der Waals surface area contributed by atoms with Gasteiger partial charge in [-0.3, -0.25) is 14.9 Å². The number of rotatable bonds is 3. The minimum absolute atomic E-state index is 0.0413. The number of methoxy groups -OCH3 is 1. The van der Waals surface area contributed by atoms with Crippen LogP contribution in [-0.2, 0) is 16.0 Å². The van der Waals surface area contributed by atoms with Crippen LogP contribution in [0.1, 0.15) is 11.1 Å². The Kier molecular flexibility index (Phi) is 3.38. The lowest BCUT2D eigenvalue weighted by atomic mass is 10.0. The summed E-state index contributed by atoms with van der Waals surface area (Å²) in [5, 5.41) is 10.7. The lowest BCUT2D eigenvalue weighted by Crippen LogP contribution is -2.08. The maximum Gasteiger partial charge on any atom is 0.310 e. The summed E-state index contributed by atoms with van der Waals surface area (Å²) in [5.74, 6) is -0.479. The van der Waals surface area contributed by atoms with Crippen LogP contribution >= 0.6 is 0 Å². The second kappa shape index (κ2) is 4.54. The first-order chi connectivity index (χ1) is 7.06. The summed E-state index contributed by atoms with van der Waals surface area (Å²) in [5.41, 5.74) is 1.09. The zero-order chi connectivity index (χ0) is 11.4. The van der Waals surface area contributed by atoms with E-state index in [1.165, 1.54) is 13.2 Å². The highest BCUT2D eigenvalue weighted by atomic mass is 16.6. The van der Waals surface area contributed by atoms with Gasteiger partial charge in [0.25, 0.3) is 5.69 Å². The van der Waals surface area contributed by atoms with Crippen LogP contribution in [0.4, 0.5) is 5.69 Å². The maximum absolute atomic E-state index is 11.1. The molecule has 0 aliphatic rings. The van der Waals surface area contributed by atoms with Crippen LogP contribution in [0, 0.1) is 17.0 Å². The molecule has 0 aliphatic heterocycles. The molecule has 0 radical (unpaired) electrons. The smallest absolute Gasteiger partial charge is 0.310 e. The van der Waals surface area contributed by atoms with Gasteiger partial charge in [0, 0.05) is 11.6 Å². The van der Waals surface area contributed by atoms with Crippen molar-refractivity contribution in [3.05, 3.63) is 39.4 Å². The van der Waals surface area contributed by atoms with E-state index < -0.39 is 10.9 Å². The van der Waals surface area contributed by atoms with Gasteiger partial charge in [-0.15, -0.1) is 0 Å². The molecule has 5 nitrogen and oxygen atoms in total. The number of hydrogen-bond acceptors (Lipinski definition) is 4. The van der Waals surface area contributed by atoms with Gasteiger partial charge >= 0.3 is 5.97 Å². The molecule has 1 aromatic carbocycles. The Morgan fingerprint density at radius 3 is 2.73 bits per heavy atom. The van der Waals surface area contributed by atoms with Crippen LogP contribution in [0.2, 0.25) is 0 Å². The fourth-order valence-corrected chi connectivity index (χ4v) is 1.30. The molecule has 80 valence electrons. The lowest BCUT2D eigenvalue weighted by molar-refractivity contribution is -0.385. The molecule has 0 unspecified atom stereocenters. The van der Waals surface area contributed by atoms with Crippen LogP contribution < -0.4 is 0 Å². The summed E-state index contributed by atoms with van der Waals surface area (Å²) < 4.78 is 4.48. The SMILES string of the molecule is COC(=O)Cc1c(C)cccc1[N+](=O)[O-]. The number of carbonyl (C=O) groups excluding carboxylic acids is 1. The van der Waals surface area contributed by atoms with Crippen LogP contribution in [0.25, 0.3) is 0 Å². The van der Waals surface area contributed by atoms with Gasteiger partial charge in [0.1, 0.15) is 0 Å². The van der Waals surface area contributed by atoms with Crippen molar-refractivity contribution in [2.75, 3.05) is 7.11 Å². The van der Waals surface area contributed by atoms with Gasteiger partial charge in [-0.25, -0.2) is 0 Å². The van der Waals surface area contributed by atoms with Gasteiger partial charge in [-0.2, -0.15) is 0 Å². The number of nitrogens with zero attached hydrogens (tertiary/aromatic N) is 1. The van der Waals surface area contributed by atoms with Crippen molar-refractivity contribution >= 4 is 11.7 Å². The van der Waals surface area contributed by atoms with E-state index in [4.69, 9.17) is 0 Å². The molecule has 0 amide bonds. The van der Waals surface area contributed by atoms with E-state index in [9.17, 15) is 14.9 Å². The molecule has 0 fully saturated rings. The van der Waals surface area contributed by atoms with Gasteiger partial charge in [-0.05, 0) is 12.5 Å². The van der Waals surface area contributed by atoms with E-state index in [0.717, 1.165) is 5.56 Å². The molecule has 1 rings (SSSR count). The maximum atomic E-state index is 11.1. The number of ether oxygens (including phenoxy) is 1. The molecular formula is C10H11NO4. The minimum Gasteiger partial charge on any atom is -0.469 e. The Labute approximate surface area is 86.8 Å². The first kappa shape index (κ1) is 11.2. The number of esters is 1. The number of carbonyl (C=O) groups is 1. The third-order valence-corrected chi connectivity index (χ3v) is 2.13. The quantitative estimate of drug-likeness (QED) is 0.431. The standard InChI is InChI=1S/C10H11NO4/c1-7-4-3-5-9(11(13)14)8(7)6-10(12)15-2/h3-5H,6H2,1-2H3. The number of benzene rings is 1. The Hall–Kier alpha value is -1.91. The van der Waals surface area contributed by atoms with Gasteiger partial charge < -0.3 is 4.74 Å². The molecule has 15 heavy (non-hydrogen) atoms. The average Bonchev–Trinajstić information content (AvgIpc) is 2.20. The zero-order valence-electron chi connectivity index (χ0n) is 8.52. The summed E-state index contributed by atoms with van der Waals surface area (Å²) >= 11 is 0. The summed E-state index contributed by atoms with van der Waals surface area (Å²) in [7, 11) is 1.26. The van der Waals surface area contributed by atoms with E-state index in [-0.39, 0.29) is 12.1 Å². The van der Waals surface area contributed by atoms with Gasteiger partial charge in [0.2, 0.25) is 0 Å². The second-order valence-corrected chi connectivity index (χ2v) is 3.08. The van der Waals surface area contributed by atoms with Crippen LogP contribution in [0.3, 0.4) is 0 Å². The fourth-order valence-electron chi connectivity index (χ4n) is 1.30. The van der Waals surface area contributed by atoms with Crippen molar-refractivity contribution in [1.82, 2.24) is 0 Å². The van der Waals surface area contributed by atoms with Crippen LogP contribution in [0.5, 0.6) is 0 Å².